The number of aryl methyl sites for hydroxylation is 1. The normalized spacial score (nSPS) is 22.8. The van der Waals surface area contributed by atoms with E-state index >= 15 is 0 Å². The number of carbonyl (C=O) groups is 3. The number of rotatable bonds is 4. The third-order valence-electron chi connectivity index (χ3n) is 6.02. The number of carbonyl (C=O) groups excluding carboxylic acids is 3. The van der Waals surface area contributed by atoms with Gasteiger partial charge in [0.05, 0.1) is 4.92 Å². The van der Waals surface area contributed by atoms with E-state index in [1.54, 1.807) is 4.90 Å². The van der Waals surface area contributed by atoms with E-state index in [0.29, 0.717) is 5.56 Å². The zero-order valence-corrected chi connectivity index (χ0v) is 17.2. The average molecular weight is 422 g/mol. The lowest BCUT2D eigenvalue weighted by atomic mass is 9.92. The summed E-state index contributed by atoms with van der Waals surface area (Å²) in [6.07, 6.45) is 1.66. The van der Waals surface area contributed by atoms with E-state index in [-0.39, 0.29) is 24.2 Å². The molecule has 31 heavy (non-hydrogen) atoms. The summed E-state index contributed by atoms with van der Waals surface area (Å²) in [6, 6.07) is 12.3. The molecule has 0 aliphatic carbocycles. The van der Waals surface area contributed by atoms with E-state index in [1.807, 2.05) is 31.2 Å². The zero-order valence-electron chi connectivity index (χ0n) is 17.2. The number of benzene rings is 2. The first-order valence-electron chi connectivity index (χ1n) is 10.0. The first-order chi connectivity index (χ1) is 14.7. The largest absolute Gasteiger partial charge is 0.325 e. The molecule has 2 heterocycles. The van der Waals surface area contributed by atoms with Gasteiger partial charge in [-0.1, -0.05) is 18.2 Å². The lowest BCUT2D eigenvalue weighted by molar-refractivity contribution is -0.384. The number of urea groups is 1. The van der Waals surface area contributed by atoms with Crippen LogP contribution >= 0.6 is 0 Å². The number of nitro groups is 1. The summed E-state index contributed by atoms with van der Waals surface area (Å²) in [5, 5.41) is 13.5. The maximum absolute atomic E-state index is 13.2. The summed E-state index contributed by atoms with van der Waals surface area (Å²) >= 11 is 0. The zero-order chi connectivity index (χ0) is 22.3. The fourth-order valence-electron chi connectivity index (χ4n) is 4.23. The molecule has 2 aromatic carbocycles. The van der Waals surface area contributed by atoms with Gasteiger partial charge in [0.15, 0.2) is 0 Å². The van der Waals surface area contributed by atoms with Crippen LogP contribution in [0.3, 0.4) is 0 Å². The van der Waals surface area contributed by atoms with Gasteiger partial charge in [0.25, 0.3) is 11.6 Å². The molecule has 4 rings (SSSR count). The summed E-state index contributed by atoms with van der Waals surface area (Å²) in [5.74, 6) is -0.909. The molecule has 1 saturated heterocycles. The third-order valence-corrected chi connectivity index (χ3v) is 6.02. The minimum absolute atomic E-state index is 0.0516. The number of amides is 4. The minimum Gasteiger partial charge on any atom is -0.319 e. The maximum atomic E-state index is 13.2. The lowest BCUT2D eigenvalue weighted by Crippen LogP contribution is -2.49. The van der Waals surface area contributed by atoms with Gasteiger partial charge in [0.2, 0.25) is 5.91 Å². The van der Waals surface area contributed by atoms with Crippen molar-refractivity contribution in [3.8, 4) is 0 Å². The fraction of sp³-hybridized carbons (Fsp3) is 0.318. The number of nitrogens with one attached hydrogen (secondary N) is 1. The van der Waals surface area contributed by atoms with Crippen molar-refractivity contribution in [2.24, 2.45) is 0 Å². The van der Waals surface area contributed by atoms with E-state index in [4.69, 9.17) is 0 Å². The monoisotopic (exact) mass is 422 g/mol. The highest BCUT2D eigenvalue weighted by Gasteiger charge is 2.50. The van der Waals surface area contributed by atoms with Gasteiger partial charge >= 0.3 is 6.03 Å². The molecule has 0 saturated carbocycles. The summed E-state index contributed by atoms with van der Waals surface area (Å²) < 4.78 is 0. The molecule has 9 nitrogen and oxygen atoms in total. The average Bonchev–Trinajstić information content (AvgIpc) is 2.97. The fourth-order valence-corrected chi connectivity index (χ4v) is 4.23. The molecule has 2 aliphatic heterocycles. The van der Waals surface area contributed by atoms with Crippen LogP contribution in [0.15, 0.2) is 48.5 Å². The van der Waals surface area contributed by atoms with Crippen molar-refractivity contribution in [1.82, 2.24) is 10.2 Å². The topological polar surface area (TPSA) is 113 Å². The first kappa shape index (κ1) is 20.5. The van der Waals surface area contributed by atoms with Crippen LogP contribution in [-0.4, -0.2) is 40.3 Å². The Labute approximate surface area is 178 Å². The second-order valence-electron chi connectivity index (χ2n) is 8.03. The van der Waals surface area contributed by atoms with Crippen molar-refractivity contribution >= 4 is 29.2 Å². The van der Waals surface area contributed by atoms with Crippen LogP contribution in [0.4, 0.5) is 16.2 Å². The molecule has 0 bridgehead atoms. The maximum Gasteiger partial charge on any atom is 0.325 e. The molecule has 9 heteroatoms. The number of nitrogens with zero attached hydrogens (tertiary/aromatic N) is 3. The highest BCUT2D eigenvalue weighted by atomic mass is 16.6. The summed E-state index contributed by atoms with van der Waals surface area (Å²) in [4.78, 5) is 51.8. The van der Waals surface area contributed by atoms with Crippen LogP contribution in [0.2, 0.25) is 0 Å². The van der Waals surface area contributed by atoms with Gasteiger partial charge in [0, 0.05) is 23.9 Å². The van der Waals surface area contributed by atoms with E-state index < -0.39 is 22.4 Å². The highest BCUT2D eigenvalue weighted by molar-refractivity contribution is 6.10. The smallest absolute Gasteiger partial charge is 0.319 e. The summed E-state index contributed by atoms with van der Waals surface area (Å²) in [6.45, 7) is 3.09. The Morgan fingerprint density at radius 2 is 1.87 bits per heavy atom. The summed E-state index contributed by atoms with van der Waals surface area (Å²) in [5.41, 5.74) is 0.744. The Hall–Kier alpha value is -3.75. The van der Waals surface area contributed by atoms with Gasteiger partial charge in [-0.15, -0.1) is 0 Å². The number of para-hydroxylation sites is 1. The molecule has 2 aliphatic rings. The molecule has 2 unspecified atom stereocenters. The number of nitro benzene ring substituents is 1. The van der Waals surface area contributed by atoms with Crippen LogP contribution in [0, 0.1) is 10.1 Å². The Balaban J connectivity index is 1.57. The third kappa shape index (κ3) is 3.41. The Morgan fingerprint density at radius 1 is 1.19 bits per heavy atom. The first-order valence-corrected chi connectivity index (χ1v) is 10.0. The van der Waals surface area contributed by atoms with Crippen LogP contribution in [-0.2, 0) is 21.5 Å². The molecule has 2 atom stereocenters. The SMILES string of the molecule is CC1CCc2ccccc2N1C(=O)CN1C(=O)NC(C)(c2ccc([N+](=O)[O-])cc2)C1=O. The van der Waals surface area contributed by atoms with Crippen molar-refractivity contribution in [2.45, 2.75) is 38.3 Å². The standard InChI is InChI=1S/C22H22N4O5/c1-14-7-8-15-5-3-4-6-18(15)25(14)19(27)13-24-20(28)22(2,23-21(24)29)16-9-11-17(12-10-16)26(30)31/h3-6,9-12,14H,7-8,13H2,1-2H3,(H,23,29). The molecule has 0 spiro atoms. The Kier molecular flexibility index (Phi) is 4.96. The van der Waals surface area contributed by atoms with Gasteiger partial charge in [0.1, 0.15) is 12.1 Å². The molecule has 1 fully saturated rings. The van der Waals surface area contributed by atoms with Crippen LogP contribution < -0.4 is 10.2 Å². The molecule has 2 aromatic rings. The quantitative estimate of drug-likeness (QED) is 0.462. The highest BCUT2D eigenvalue weighted by Crippen LogP contribution is 2.33. The molecule has 0 radical (unpaired) electrons. The summed E-state index contributed by atoms with van der Waals surface area (Å²) in [7, 11) is 0. The molecular weight excluding hydrogens is 400 g/mol. The minimum atomic E-state index is -1.40. The number of imide groups is 1. The van der Waals surface area contributed by atoms with E-state index in [2.05, 4.69) is 5.32 Å². The van der Waals surface area contributed by atoms with E-state index in [9.17, 15) is 24.5 Å². The Morgan fingerprint density at radius 3 is 2.55 bits per heavy atom. The van der Waals surface area contributed by atoms with Crippen LogP contribution in [0.1, 0.15) is 31.4 Å². The van der Waals surface area contributed by atoms with E-state index in [0.717, 1.165) is 29.0 Å². The van der Waals surface area contributed by atoms with Gasteiger partial charge < -0.3 is 10.2 Å². The van der Waals surface area contributed by atoms with Crippen LogP contribution in [0.25, 0.3) is 0 Å². The molecule has 4 amide bonds. The van der Waals surface area contributed by atoms with Crippen molar-refractivity contribution in [3.63, 3.8) is 0 Å². The van der Waals surface area contributed by atoms with Crippen molar-refractivity contribution in [3.05, 3.63) is 69.8 Å². The van der Waals surface area contributed by atoms with Gasteiger partial charge in [-0.05, 0) is 56.0 Å². The number of non-ortho nitro benzene ring substituents is 1. The predicted molar refractivity (Wildman–Crippen MR) is 112 cm³/mol. The predicted octanol–water partition coefficient (Wildman–Crippen LogP) is 2.73. The van der Waals surface area contributed by atoms with Gasteiger partial charge in [-0.2, -0.15) is 0 Å². The molecule has 1 N–H and O–H groups in total. The van der Waals surface area contributed by atoms with Crippen molar-refractivity contribution in [1.29, 1.82) is 0 Å². The molecular formula is C22H22N4O5. The number of hydrogen-bond donors (Lipinski definition) is 1. The number of fused-ring (bicyclic) bond motifs is 1. The van der Waals surface area contributed by atoms with Gasteiger partial charge in [-0.3, -0.25) is 24.6 Å². The van der Waals surface area contributed by atoms with Crippen molar-refractivity contribution < 1.29 is 19.3 Å². The second kappa shape index (κ2) is 7.50. The number of hydrogen-bond acceptors (Lipinski definition) is 5. The second-order valence-corrected chi connectivity index (χ2v) is 8.03. The molecule has 0 aromatic heterocycles. The lowest BCUT2D eigenvalue weighted by Gasteiger charge is -2.36. The van der Waals surface area contributed by atoms with E-state index in [1.165, 1.54) is 31.2 Å². The molecule has 160 valence electrons. The number of anilines is 1. The Bertz CT molecular complexity index is 1080. The van der Waals surface area contributed by atoms with Gasteiger partial charge in [-0.25, -0.2) is 4.79 Å². The van der Waals surface area contributed by atoms with Crippen LogP contribution in [0.5, 0.6) is 0 Å². The van der Waals surface area contributed by atoms with Crippen molar-refractivity contribution in [2.75, 3.05) is 11.4 Å².